The Morgan fingerprint density at radius 2 is 1.69 bits per heavy atom. The second-order valence-corrected chi connectivity index (χ2v) is 9.20. The van der Waals surface area contributed by atoms with Crippen LogP contribution in [0.1, 0.15) is 50.3 Å². The summed E-state index contributed by atoms with van der Waals surface area (Å²) in [5, 5.41) is 0. The van der Waals surface area contributed by atoms with E-state index < -0.39 is 0 Å². The molecule has 2 heterocycles. The fourth-order valence-electron chi connectivity index (χ4n) is 4.03. The monoisotopic (exact) mass is 390 g/mol. The van der Waals surface area contributed by atoms with Crippen LogP contribution in [0, 0.1) is 0 Å². The Morgan fingerprint density at radius 3 is 2.31 bits per heavy atom. The van der Waals surface area contributed by atoms with Crippen molar-refractivity contribution in [3.8, 4) is 0 Å². The minimum absolute atomic E-state index is 0.130. The van der Waals surface area contributed by atoms with Crippen molar-refractivity contribution in [1.29, 1.82) is 0 Å². The molecular weight excluding hydrogens is 360 g/mol. The second kappa shape index (κ2) is 7.68. The zero-order chi connectivity index (χ0) is 20.5. The molecule has 4 rings (SSSR count). The Balaban J connectivity index is 1.35. The van der Waals surface area contributed by atoms with Gasteiger partial charge in [-0.25, -0.2) is 0 Å². The first kappa shape index (κ1) is 19.7. The lowest BCUT2D eigenvalue weighted by Crippen LogP contribution is -2.47. The Hall–Kier alpha value is -2.59. The molecule has 0 aliphatic carbocycles. The number of amides is 1. The normalized spacial score (nSPS) is 18.4. The maximum atomic E-state index is 12.8. The van der Waals surface area contributed by atoms with Crippen molar-refractivity contribution in [2.75, 3.05) is 13.1 Å². The smallest absolute Gasteiger partial charge is 0.226 e. The fourth-order valence-corrected chi connectivity index (χ4v) is 4.03. The summed E-state index contributed by atoms with van der Waals surface area (Å²) >= 11 is 0. The molecule has 1 N–H and O–H groups in total. The van der Waals surface area contributed by atoms with Gasteiger partial charge < -0.3 is 4.90 Å². The van der Waals surface area contributed by atoms with Crippen LogP contribution in [0.15, 0.2) is 60.7 Å². The summed E-state index contributed by atoms with van der Waals surface area (Å²) in [5.74, 6) is 0.196. The summed E-state index contributed by atoms with van der Waals surface area (Å²) in [6.07, 6.45) is 4.27. The van der Waals surface area contributed by atoms with E-state index >= 15 is 0 Å². The van der Waals surface area contributed by atoms with Crippen LogP contribution in [-0.2, 0) is 21.5 Å². The molecule has 0 bridgehead atoms. The van der Waals surface area contributed by atoms with Crippen molar-refractivity contribution in [3.63, 3.8) is 0 Å². The molecule has 1 spiro atoms. The van der Waals surface area contributed by atoms with Crippen molar-refractivity contribution < 1.29 is 9.63 Å². The van der Waals surface area contributed by atoms with E-state index in [1.807, 2.05) is 23.1 Å². The third-order valence-electron chi connectivity index (χ3n) is 5.99. The molecule has 4 heteroatoms. The van der Waals surface area contributed by atoms with Crippen molar-refractivity contribution in [3.05, 3.63) is 77.4 Å². The van der Waals surface area contributed by atoms with Crippen molar-refractivity contribution in [2.24, 2.45) is 0 Å². The Kier molecular flexibility index (Phi) is 5.22. The molecule has 1 saturated heterocycles. The van der Waals surface area contributed by atoms with E-state index in [4.69, 9.17) is 4.84 Å². The van der Waals surface area contributed by atoms with Crippen molar-refractivity contribution >= 4 is 11.6 Å². The van der Waals surface area contributed by atoms with Gasteiger partial charge in [0.05, 0.1) is 12.1 Å². The molecule has 0 saturated carbocycles. The summed E-state index contributed by atoms with van der Waals surface area (Å²) in [6.45, 7) is 8.05. The number of rotatable bonds is 3. The third kappa shape index (κ3) is 4.38. The maximum Gasteiger partial charge on any atom is 0.226 e. The van der Waals surface area contributed by atoms with Gasteiger partial charge in [-0.2, -0.15) is 0 Å². The molecule has 2 aromatic rings. The number of piperidine rings is 1. The lowest BCUT2D eigenvalue weighted by molar-refractivity contribution is -0.136. The van der Waals surface area contributed by atoms with Crippen LogP contribution in [0.4, 0.5) is 0 Å². The Labute approximate surface area is 173 Å². The third-order valence-corrected chi connectivity index (χ3v) is 5.99. The molecule has 2 aromatic carbocycles. The first-order valence-electron chi connectivity index (χ1n) is 10.4. The highest BCUT2D eigenvalue weighted by atomic mass is 16.7. The summed E-state index contributed by atoms with van der Waals surface area (Å²) in [4.78, 5) is 20.7. The Bertz CT molecular complexity index is 887. The van der Waals surface area contributed by atoms with E-state index in [9.17, 15) is 4.79 Å². The molecule has 152 valence electrons. The van der Waals surface area contributed by atoms with Gasteiger partial charge in [0.25, 0.3) is 0 Å². The molecule has 2 aliphatic heterocycles. The van der Waals surface area contributed by atoms with Crippen LogP contribution in [0.3, 0.4) is 0 Å². The maximum absolute atomic E-state index is 12.8. The molecule has 1 fully saturated rings. The Morgan fingerprint density at radius 1 is 1.03 bits per heavy atom. The standard InChI is InChI=1S/C25H30N2O2/c1-24(2,3)21-11-9-19(10-12-21)17-23(28)27-15-13-25(14-16-27)18-22(26-29-25)20-7-5-4-6-8-20/h4-12,18,26H,13-17H2,1-3H3. The highest BCUT2D eigenvalue weighted by molar-refractivity contribution is 5.79. The first-order valence-corrected chi connectivity index (χ1v) is 10.4. The molecule has 1 amide bonds. The molecule has 2 aliphatic rings. The number of hydroxylamine groups is 1. The zero-order valence-electron chi connectivity index (χ0n) is 17.6. The van der Waals surface area contributed by atoms with E-state index in [2.05, 4.69) is 68.7 Å². The van der Waals surface area contributed by atoms with Gasteiger partial charge >= 0.3 is 0 Å². The molecule has 0 aromatic heterocycles. The van der Waals surface area contributed by atoms with E-state index in [-0.39, 0.29) is 16.9 Å². The van der Waals surface area contributed by atoms with Crippen molar-refractivity contribution in [1.82, 2.24) is 10.4 Å². The van der Waals surface area contributed by atoms with E-state index in [0.29, 0.717) is 6.42 Å². The molecule has 4 nitrogen and oxygen atoms in total. The van der Waals surface area contributed by atoms with E-state index in [1.165, 1.54) is 5.56 Å². The van der Waals surface area contributed by atoms with Gasteiger partial charge in [0, 0.05) is 25.9 Å². The number of carbonyl (C=O) groups excluding carboxylic acids is 1. The predicted octanol–water partition coefficient (Wildman–Crippen LogP) is 4.46. The topological polar surface area (TPSA) is 41.6 Å². The molecule has 0 radical (unpaired) electrons. The molecular formula is C25H30N2O2. The number of hydrogen-bond acceptors (Lipinski definition) is 3. The van der Waals surface area contributed by atoms with Gasteiger partial charge in [0.1, 0.15) is 5.60 Å². The first-order chi connectivity index (χ1) is 13.8. The van der Waals surface area contributed by atoms with Crippen LogP contribution in [0.2, 0.25) is 0 Å². The quantitative estimate of drug-likeness (QED) is 0.841. The lowest BCUT2D eigenvalue weighted by Gasteiger charge is -2.36. The molecule has 0 atom stereocenters. The summed E-state index contributed by atoms with van der Waals surface area (Å²) in [6, 6.07) is 18.7. The zero-order valence-corrected chi connectivity index (χ0v) is 17.6. The summed E-state index contributed by atoms with van der Waals surface area (Å²) in [7, 11) is 0. The van der Waals surface area contributed by atoms with Crippen LogP contribution in [0.5, 0.6) is 0 Å². The largest absolute Gasteiger partial charge is 0.342 e. The van der Waals surface area contributed by atoms with Gasteiger partial charge in [-0.3, -0.25) is 15.1 Å². The number of hydrogen-bond donors (Lipinski definition) is 1. The summed E-state index contributed by atoms with van der Waals surface area (Å²) in [5.41, 5.74) is 7.43. The van der Waals surface area contributed by atoms with Crippen LogP contribution >= 0.6 is 0 Å². The second-order valence-electron chi connectivity index (χ2n) is 9.20. The highest BCUT2D eigenvalue weighted by Crippen LogP contribution is 2.34. The van der Waals surface area contributed by atoms with Gasteiger partial charge in [-0.15, -0.1) is 0 Å². The van der Waals surface area contributed by atoms with Crippen LogP contribution < -0.4 is 5.48 Å². The lowest BCUT2D eigenvalue weighted by atomic mass is 9.86. The van der Waals surface area contributed by atoms with E-state index in [0.717, 1.165) is 42.8 Å². The van der Waals surface area contributed by atoms with Gasteiger partial charge in [0.2, 0.25) is 5.91 Å². The number of nitrogens with one attached hydrogen (secondary N) is 1. The van der Waals surface area contributed by atoms with Crippen molar-refractivity contribution in [2.45, 2.75) is 51.0 Å². The van der Waals surface area contributed by atoms with Crippen LogP contribution in [-0.4, -0.2) is 29.5 Å². The SMILES string of the molecule is CC(C)(C)c1ccc(CC(=O)N2CCC3(C=C(c4ccccc4)NO3)CC2)cc1. The average molecular weight is 391 g/mol. The predicted molar refractivity (Wildman–Crippen MR) is 116 cm³/mol. The van der Waals surface area contributed by atoms with Crippen LogP contribution in [0.25, 0.3) is 5.70 Å². The molecule has 29 heavy (non-hydrogen) atoms. The average Bonchev–Trinajstić information content (AvgIpc) is 3.12. The number of carbonyl (C=O) groups is 1. The fraction of sp³-hybridized carbons (Fsp3) is 0.400. The van der Waals surface area contributed by atoms with E-state index in [1.54, 1.807) is 0 Å². The van der Waals surface area contributed by atoms with Gasteiger partial charge in [-0.1, -0.05) is 75.4 Å². The molecule has 0 unspecified atom stereocenters. The number of likely N-dealkylation sites (tertiary alicyclic amines) is 1. The summed E-state index contributed by atoms with van der Waals surface area (Å²) < 4.78 is 0. The minimum Gasteiger partial charge on any atom is -0.342 e. The van der Waals surface area contributed by atoms with Gasteiger partial charge in [0.15, 0.2) is 0 Å². The minimum atomic E-state index is -0.309. The number of benzene rings is 2. The highest BCUT2D eigenvalue weighted by Gasteiger charge is 2.39. The van der Waals surface area contributed by atoms with Gasteiger partial charge in [-0.05, 0) is 28.2 Å². The number of nitrogens with zero attached hydrogens (tertiary/aromatic N) is 1.